The number of hydrogen-bond donors (Lipinski definition) is 1. The molecule has 0 aliphatic heterocycles. The molecule has 0 bridgehead atoms. The highest BCUT2D eigenvalue weighted by atomic mass is 16.5. The van der Waals surface area contributed by atoms with E-state index >= 15 is 0 Å². The molecule has 1 aromatic heterocycles. The molecule has 0 saturated carbocycles. The highest BCUT2D eigenvalue weighted by Crippen LogP contribution is 2.26. The van der Waals surface area contributed by atoms with Crippen molar-refractivity contribution in [3.8, 4) is 22.6 Å². The number of phenols is 1. The van der Waals surface area contributed by atoms with Crippen molar-refractivity contribution >= 4 is 0 Å². The third-order valence-corrected chi connectivity index (χ3v) is 2.48. The van der Waals surface area contributed by atoms with Crippen molar-refractivity contribution in [3.05, 3.63) is 42.2 Å². The van der Waals surface area contributed by atoms with Crippen LogP contribution in [0.5, 0.6) is 11.5 Å². The molecule has 0 aliphatic carbocycles. The summed E-state index contributed by atoms with van der Waals surface area (Å²) in [6, 6.07) is 7.38. The maximum Gasteiger partial charge on any atom is 0.137 e. The van der Waals surface area contributed by atoms with Gasteiger partial charge in [-0.05, 0) is 36.2 Å². The minimum Gasteiger partial charge on any atom is -0.508 e. The fraction of sp³-hybridized carbons (Fsp3) is 0.154. The molecule has 2 aromatic rings. The van der Waals surface area contributed by atoms with E-state index in [-0.39, 0.29) is 0 Å². The summed E-state index contributed by atoms with van der Waals surface area (Å²) in [5.74, 6) is 1.03. The normalized spacial score (nSPS) is 10.1. The van der Waals surface area contributed by atoms with Crippen LogP contribution in [0, 0.1) is 6.92 Å². The molecule has 16 heavy (non-hydrogen) atoms. The molecule has 0 saturated heterocycles. The average molecular weight is 215 g/mol. The van der Waals surface area contributed by atoms with Crippen molar-refractivity contribution in [2.45, 2.75) is 6.92 Å². The van der Waals surface area contributed by atoms with E-state index < -0.39 is 0 Å². The van der Waals surface area contributed by atoms with Gasteiger partial charge < -0.3 is 9.84 Å². The lowest BCUT2D eigenvalue weighted by molar-refractivity contribution is 0.413. The number of nitrogens with zero attached hydrogens (tertiary/aromatic N) is 1. The van der Waals surface area contributed by atoms with Gasteiger partial charge in [-0.2, -0.15) is 0 Å². The number of ether oxygens (including phenoxy) is 1. The Hall–Kier alpha value is -2.03. The SMILES string of the molecule is COc1cncc(-c2ccc(O)c(C)c2)c1. The molecule has 0 radical (unpaired) electrons. The first-order chi connectivity index (χ1) is 7.70. The molecule has 1 N–H and O–H groups in total. The molecule has 2 rings (SSSR count). The van der Waals surface area contributed by atoms with Gasteiger partial charge in [-0.15, -0.1) is 0 Å². The molecule has 0 spiro atoms. The summed E-state index contributed by atoms with van der Waals surface area (Å²) in [6.45, 7) is 1.87. The molecule has 0 aliphatic rings. The summed E-state index contributed by atoms with van der Waals surface area (Å²) in [6.07, 6.45) is 3.44. The third kappa shape index (κ3) is 1.98. The van der Waals surface area contributed by atoms with Crippen LogP contribution in [0.15, 0.2) is 36.7 Å². The number of phenolic OH excluding ortho intramolecular Hbond substituents is 1. The summed E-state index contributed by atoms with van der Waals surface area (Å²) in [5.41, 5.74) is 2.84. The zero-order valence-electron chi connectivity index (χ0n) is 9.27. The molecular formula is C13H13NO2. The van der Waals surface area contributed by atoms with E-state index in [1.54, 1.807) is 25.6 Å². The fourth-order valence-electron chi connectivity index (χ4n) is 1.52. The fourth-order valence-corrected chi connectivity index (χ4v) is 1.52. The molecule has 0 atom stereocenters. The lowest BCUT2D eigenvalue weighted by Crippen LogP contribution is -1.86. The standard InChI is InChI=1S/C13H13NO2/c1-9-5-10(3-4-13(9)15)11-6-12(16-2)8-14-7-11/h3-8,15H,1-2H3. The number of pyridine rings is 1. The maximum absolute atomic E-state index is 9.45. The van der Waals surface area contributed by atoms with Gasteiger partial charge in [-0.25, -0.2) is 0 Å². The first-order valence-corrected chi connectivity index (χ1v) is 5.00. The molecule has 1 aromatic carbocycles. The summed E-state index contributed by atoms with van der Waals surface area (Å²) in [7, 11) is 1.61. The largest absolute Gasteiger partial charge is 0.508 e. The topological polar surface area (TPSA) is 42.4 Å². The van der Waals surface area contributed by atoms with E-state index in [1.165, 1.54) is 0 Å². The number of methoxy groups -OCH3 is 1. The highest BCUT2D eigenvalue weighted by Gasteiger charge is 2.02. The third-order valence-electron chi connectivity index (χ3n) is 2.48. The summed E-state index contributed by atoms with van der Waals surface area (Å²) < 4.78 is 5.12. The monoisotopic (exact) mass is 215 g/mol. The van der Waals surface area contributed by atoms with E-state index in [9.17, 15) is 5.11 Å². The maximum atomic E-state index is 9.45. The van der Waals surface area contributed by atoms with Crippen LogP contribution in [0.1, 0.15) is 5.56 Å². The first-order valence-electron chi connectivity index (χ1n) is 5.00. The second kappa shape index (κ2) is 4.23. The van der Waals surface area contributed by atoms with Crippen molar-refractivity contribution < 1.29 is 9.84 Å². The van der Waals surface area contributed by atoms with E-state index in [4.69, 9.17) is 4.74 Å². The van der Waals surface area contributed by atoms with Crippen LogP contribution >= 0.6 is 0 Å². The van der Waals surface area contributed by atoms with Gasteiger partial charge in [0.2, 0.25) is 0 Å². The highest BCUT2D eigenvalue weighted by molar-refractivity contribution is 5.65. The second-order valence-corrected chi connectivity index (χ2v) is 3.61. The van der Waals surface area contributed by atoms with E-state index in [0.717, 1.165) is 22.4 Å². The van der Waals surface area contributed by atoms with Crippen LogP contribution in [0.2, 0.25) is 0 Å². The Bertz CT molecular complexity index is 509. The van der Waals surface area contributed by atoms with E-state index in [0.29, 0.717) is 5.75 Å². The summed E-state index contributed by atoms with van der Waals surface area (Å²) in [4.78, 5) is 4.10. The van der Waals surface area contributed by atoms with Crippen LogP contribution in [0.3, 0.4) is 0 Å². The number of aryl methyl sites for hydroxylation is 1. The number of aromatic nitrogens is 1. The Kier molecular flexibility index (Phi) is 2.77. The zero-order valence-corrected chi connectivity index (χ0v) is 9.27. The van der Waals surface area contributed by atoms with Crippen LogP contribution in [-0.4, -0.2) is 17.2 Å². The molecule has 0 amide bonds. The molecule has 82 valence electrons. The van der Waals surface area contributed by atoms with Gasteiger partial charge in [0, 0.05) is 11.8 Å². The first kappa shape index (κ1) is 10.5. The lowest BCUT2D eigenvalue weighted by atomic mass is 10.0. The number of aromatic hydroxyl groups is 1. The van der Waals surface area contributed by atoms with Crippen molar-refractivity contribution in [1.82, 2.24) is 4.98 Å². The molecule has 3 heteroatoms. The van der Waals surface area contributed by atoms with Crippen molar-refractivity contribution in [2.75, 3.05) is 7.11 Å². The Labute approximate surface area is 94.3 Å². The minimum absolute atomic E-state index is 0.305. The molecule has 1 heterocycles. The lowest BCUT2D eigenvalue weighted by Gasteiger charge is -2.06. The van der Waals surface area contributed by atoms with Crippen LogP contribution in [0.4, 0.5) is 0 Å². The number of rotatable bonds is 2. The Morgan fingerprint density at radius 3 is 2.62 bits per heavy atom. The van der Waals surface area contributed by atoms with Gasteiger partial charge in [0.25, 0.3) is 0 Å². The Morgan fingerprint density at radius 1 is 1.12 bits per heavy atom. The second-order valence-electron chi connectivity index (χ2n) is 3.61. The molecule has 3 nitrogen and oxygen atoms in total. The quantitative estimate of drug-likeness (QED) is 0.837. The summed E-state index contributed by atoms with van der Waals surface area (Å²) in [5, 5.41) is 9.45. The zero-order chi connectivity index (χ0) is 11.5. The van der Waals surface area contributed by atoms with Crippen LogP contribution in [0.25, 0.3) is 11.1 Å². The predicted octanol–water partition coefficient (Wildman–Crippen LogP) is 2.77. The van der Waals surface area contributed by atoms with Crippen molar-refractivity contribution in [3.63, 3.8) is 0 Å². The van der Waals surface area contributed by atoms with Gasteiger partial charge in [0.15, 0.2) is 0 Å². The Balaban J connectivity index is 2.46. The van der Waals surface area contributed by atoms with Crippen molar-refractivity contribution in [1.29, 1.82) is 0 Å². The van der Waals surface area contributed by atoms with E-state index in [2.05, 4.69) is 4.98 Å². The van der Waals surface area contributed by atoms with Gasteiger partial charge in [0.1, 0.15) is 11.5 Å². The minimum atomic E-state index is 0.305. The Morgan fingerprint density at radius 2 is 1.94 bits per heavy atom. The van der Waals surface area contributed by atoms with Gasteiger partial charge >= 0.3 is 0 Å². The smallest absolute Gasteiger partial charge is 0.137 e. The molecule has 0 fully saturated rings. The van der Waals surface area contributed by atoms with Crippen LogP contribution in [-0.2, 0) is 0 Å². The predicted molar refractivity (Wildman–Crippen MR) is 62.6 cm³/mol. The van der Waals surface area contributed by atoms with Gasteiger partial charge in [0.05, 0.1) is 13.3 Å². The number of hydrogen-bond acceptors (Lipinski definition) is 3. The van der Waals surface area contributed by atoms with Crippen LogP contribution < -0.4 is 4.74 Å². The average Bonchev–Trinajstić information content (AvgIpc) is 2.33. The number of benzene rings is 1. The van der Waals surface area contributed by atoms with Gasteiger partial charge in [-0.1, -0.05) is 6.07 Å². The van der Waals surface area contributed by atoms with Gasteiger partial charge in [-0.3, -0.25) is 4.98 Å². The van der Waals surface area contributed by atoms with E-state index in [1.807, 2.05) is 25.1 Å². The van der Waals surface area contributed by atoms with Crippen molar-refractivity contribution in [2.24, 2.45) is 0 Å². The molecular weight excluding hydrogens is 202 g/mol. The molecule has 0 unspecified atom stereocenters. The summed E-state index contributed by atoms with van der Waals surface area (Å²) >= 11 is 0.